The summed E-state index contributed by atoms with van der Waals surface area (Å²) in [5.74, 6) is -0.515. The summed E-state index contributed by atoms with van der Waals surface area (Å²) in [6.45, 7) is 6.25. The Labute approximate surface area is 228 Å². The second-order valence-electron chi connectivity index (χ2n) is 10.4. The maximum absolute atomic E-state index is 14.7. The predicted octanol–water partition coefficient (Wildman–Crippen LogP) is 3.27. The summed E-state index contributed by atoms with van der Waals surface area (Å²) in [5, 5.41) is 0. The second kappa shape index (κ2) is 11.7. The number of benzene rings is 3. The van der Waals surface area contributed by atoms with E-state index in [9.17, 15) is 13.6 Å². The van der Waals surface area contributed by atoms with Crippen LogP contribution < -0.4 is 21.9 Å². The van der Waals surface area contributed by atoms with Crippen molar-refractivity contribution in [1.82, 2.24) is 0 Å². The number of carbonyl (C=O) groups excluding carboxylic acids is 1. The van der Waals surface area contributed by atoms with E-state index in [2.05, 4.69) is 31.2 Å². The highest BCUT2D eigenvalue weighted by molar-refractivity contribution is 5.87. The molecular weight excluding hydrogens is 538 g/mol. The van der Waals surface area contributed by atoms with Crippen molar-refractivity contribution in [3.8, 4) is 0 Å². The van der Waals surface area contributed by atoms with E-state index >= 15 is 0 Å². The van der Waals surface area contributed by atoms with Crippen molar-refractivity contribution >= 4 is 11.8 Å². The highest BCUT2D eigenvalue weighted by atomic mass is 79.9. The molecule has 0 aliphatic carbocycles. The molecule has 3 heterocycles. The molecule has 3 aromatic rings. The van der Waals surface area contributed by atoms with Gasteiger partial charge in [0.05, 0.1) is 31.9 Å². The third kappa shape index (κ3) is 6.39. The van der Waals surface area contributed by atoms with Crippen LogP contribution in [-0.2, 0) is 17.7 Å². The Bertz CT molecular complexity index is 1210. The van der Waals surface area contributed by atoms with Gasteiger partial charge in [-0.15, -0.1) is 0 Å². The zero-order chi connectivity index (χ0) is 25.1. The molecule has 0 N–H and O–H groups in total. The number of ether oxygens (including phenoxy) is 1. The van der Waals surface area contributed by atoms with Crippen molar-refractivity contribution in [2.75, 3.05) is 31.1 Å². The van der Waals surface area contributed by atoms with Gasteiger partial charge < -0.3 is 26.2 Å². The summed E-state index contributed by atoms with van der Waals surface area (Å²) >= 11 is 0. The van der Waals surface area contributed by atoms with Gasteiger partial charge in [-0.3, -0.25) is 4.90 Å². The molecule has 4 nitrogen and oxygen atoms in total. The van der Waals surface area contributed by atoms with Crippen LogP contribution in [0.2, 0.25) is 0 Å². The topological polar surface area (TPSA) is 29.5 Å². The number of halogens is 3. The molecule has 6 rings (SSSR count). The first-order valence-electron chi connectivity index (χ1n) is 12.8. The van der Waals surface area contributed by atoms with Gasteiger partial charge >= 0.3 is 6.09 Å². The Kier molecular flexibility index (Phi) is 8.65. The molecule has 0 unspecified atom stereocenters. The van der Waals surface area contributed by atoms with Crippen LogP contribution in [0.1, 0.15) is 29.5 Å². The number of aryl methyl sites for hydroxylation is 1. The van der Waals surface area contributed by atoms with Gasteiger partial charge in [0.15, 0.2) is 6.10 Å². The first kappa shape index (κ1) is 27.3. The standard InChI is InChI=1S/C30H33F2N2O2.BrH/c1-22-5-4-6-23(19-22)13-16-34-17-14-25(15-18-34)29(21-34)36-30(35)33(28-8-3-2-7-27(28)32)20-24-9-11-26(31)12-10-24;/h2-12,19,25,29H,13-18,20-21H2,1H3;1H/q+1;/p-1/t25?,29-,34?;/m0./s1. The lowest BCUT2D eigenvalue weighted by Crippen LogP contribution is -3.00. The largest absolute Gasteiger partial charge is 1.00 e. The number of nitrogens with zero attached hydrogens (tertiary/aromatic N) is 2. The van der Waals surface area contributed by atoms with E-state index < -0.39 is 11.9 Å². The lowest BCUT2D eigenvalue weighted by atomic mass is 9.83. The Morgan fingerprint density at radius 1 is 0.973 bits per heavy atom. The number of hydrogen-bond acceptors (Lipinski definition) is 2. The van der Waals surface area contributed by atoms with Crippen molar-refractivity contribution in [3.63, 3.8) is 0 Å². The fraction of sp³-hybridized carbons (Fsp3) is 0.367. The van der Waals surface area contributed by atoms with Crippen LogP contribution in [0.15, 0.2) is 72.8 Å². The van der Waals surface area contributed by atoms with Crippen LogP contribution in [0, 0.1) is 24.5 Å². The van der Waals surface area contributed by atoms with Gasteiger partial charge in [0.25, 0.3) is 0 Å². The number of carbonyl (C=O) groups is 1. The summed E-state index contributed by atoms with van der Waals surface area (Å²) in [6.07, 6.45) is 2.31. The van der Waals surface area contributed by atoms with E-state index in [1.165, 1.54) is 34.2 Å². The van der Waals surface area contributed by atoms with Gasteiger partial charge in [0.2, 0.25) is 0 Å². The molecule has 3 aliphatic heterocycles. The molecule has 3 aromatic carbocycles. The Balaban J connectivity index is 0.00000320. The molecule has 3 saturated heterocycles. The van der Waals surface area contributed by atoms with E-state index in [-0.39, 0.29) is 41.1 Å². The second-order valence-corrected chi connectivity index (χ2v) is 10.4. The molecule has 1 amide bonds. The fourth-order valence-electron chi connectivity index (χ4n) is 5.79. The Morgan fingerprint density at radius 3 is 2.41 bits per heavy atom. The summed E-state index contributed by atoms with van der Waals surface area (Å²) in [5.41, 5.74) is 3.48. The van der Waals surface area contributed by atoms with Gasteiger partial charge in [-0.25, -0.2) is 13.6 Å². The summed E-state index contributed by atoms with van der Waals surface area (Å²) in [6, 6.07) is 20.8. The average molecular weight is 572 g/mol. The SMILES string of the molecule is Cc1cccc(CC[N+]23CCC(CC2)[C@@H](OC(=O)N(Cc2ccc(F)cc2)c2ccccc2F)C3)c1.[Br-]. The quantitative estimate of drug-likeness (QED) is 0.408. The minimum absolute atomic E-state index is 0. The van der Waals surface area contributed by atoms with E-state index in [0.717, 1.165) is 49.9 Å². The molecule has 1 atom stereocenters. The number of anilines is 1. The minimum Gasteiger partial charge on any atom is -1.00 e. The number of amides is 1. The van der Waals surface area contributed by atoms with Gasteiger partial charge in [-0.2, -0.15) is 0 Å². The highest BCUT2D eigenvalue weighted by Gasteiger charge is 2.47. The number of quaternary nitrogens is 1. The number of rotatable bonds is 7. The maximum atomic E-state index is 14.7. The van der Waals surface area contributed by atoms with E-state index in [1.54, 1.807) is 30.3 Å². The lowest BCUT2D eigenvalue weighted by Gasteiger charge is -2.52. The van der Waals surface area contributed by atoms with Crippen molar-refractivity contribution in [2.45, 2.75) is 38.8 Å². The molecular formula is C30H33BrF2N2O2. The van der Waals surface area contributed by atoms with E-state index in [4.69, 9.17) is 4.74 Å². The number of hydrogen-bond donors (Lipinski definition) is 0. The summed E-state index contributed by atoms with van der Waals surface area (Å²) in [4.78, 5) is 14.8. The van der Waals surface area contributed by atoms with E-state index in [0.29, 0.717) is 11.5 Å². The normalized spacial score (nSPS) is 22.2. The first-order chi connectivity index (χ1) is 17.4. The van der Waals surface area contributed by atoms with Crippen LogP contribution in [0.25, 0.3) is 0 Å². The van der Waals surface area contributed by atoms with Gasteiger partial charge in [-0.05, 0) is 42.3 Å². The van der Waals surface area contributed by atoms with Crippen LogP contribution in [-0.4, -0.2) is 42.9 Å². The van der Waals surface area contributed by atoms with Crippen molar-refractivity contribution in [3.05, 3.63) is 101 Å². The van der Waals surface area contributed by atoms with Crippen molar-refractivity contribution in [1.29, 1.82) is 0 Å². The summed E-state index contributed by atoms with van der Waals surface area (Å²) in [7, 11) is 0. The van der Waals surface area contributed by atoms with Crippen LogP contribution in [0.3, 0.4) is 0 Å². The van der Waals surface area contributed by atoms with E-state index in [1.807, 2.05) is 0 Å². The molecule has 7 heteroatoms. The third-order valence-corrected chi connectivity index (χ3v) is 7.87. The van der Waals surface area contributed by atoms with Gasteiger partial charge in [-0.1, -0.05) is 54.1 Å². The smallest absolute Gasteiger partial charge is 0.415 e. The first-order valence-corrected chi connectivity index (χ1v) is 12.8. The minimum atomic E-state index is -0.556. The molecule has 0 saturated carbocycles. The monoisotopic (exact) mass is 570 g/mol. The lowest BCUT2D eigenvalue weighted by molar-refractivity contribution is -0.945. The fourth-order valence-corrected chi connectivity index (χ4v) is 5.79. The highest BCUT2D eigenvalue weighted by Crippen LogP contribution is 2.36. The van der Waals surface area contributed by atoms with Gasteiger partial charge in [0.1, 0.15) is 18.2 Å². The van der Waals surface area contributed by atoms with Crippen LogP contribution in [0.4, 0.5) is 19.3 Å². The zero-order valence-electron chi connectivity index (χ0n) is 21.1. The maximum Gasteiger partial charge on any atom is 0.415 e. The molecule has 2 bridgehead atoms. The van der Waals surface area contributed by atoms with Crippen molar-refractivity contribution < 1.29 is 39.8 Å². The molecule has 0 radical (unpaired) electrons. The van der Waals surface area contributed by atoms with Crippen LogP contribution >= 0.6 is 0 Å². The molecule has 0 aromatic heterocycles. The Morgan fingerprint density at radius 2 is 1.70 bits per heavy atom. The average Bonchev–Trinajstić information content (AvgIpc) is 2.88. The zero-order valence-corrected chi connectivity index (χ0v) is 22.7. The number of para-hydroxylation sites is 1. The summed E-state index contributed by atoms with van der Waals surface area (Å²) < 4.78 is 35.2. The van der Waals surface area contributed by atoms with Crippen molar-refractivity contribution in [2.24, 2.45) is 5.92 Å². The third-order valence-electron chi connectivity index (χ3n) is 7.87. The molecule has 3 fully saturated rings. The molecule has 196 valence electrons. The Hall–Kier alpha value is -2.77. The molecule has 3 aliphatic rings. The molecule has 37 heavy (non-hydrogen) atoms. The van der Waals surface area contributed by atoms with Crippen LogP contribution in [0.5, 0.6) is 0 Å². The number of fused-ring (bicyclic) bond motifs is 3. The number of piperidine rings is 3. The predicted molar refractivity (Wildman–Crippen MR) is 137 cm³/mol. The molecule has 0 spiro atoms. The van der Waals surface area contributed by atoms with Gasteiger partial charge in [0, 0.05) is 25.2 Å².